The molecule has 0 aromatic heterocycles. The SMILES string of the molecule is CO/N=C(\C(N)=N\OOCc1ccc(Cl)c(Cl)c1)c1ccccc1. The highest BCUT2D eigenvalue weighted by Crippen LogP contribution is 2.22. The van der Waals surface area contributed by atoms with Gasteiger partial charge < -0.3 is 10.6 Å². The number of halogens is 2. The van der Waals surface area contributed by atoms with Gasteiger partial charge in [-0.1, -0.05) is 64.8 Å². The molecule has 0 aliphatic carbocycles. The highest BCUT2D eigenvalue weighted by atomic mass is 35.5. The Bertz CT molecular complexity index is 737. The van der Waals surface area contributed by atoms with Gasteiger partial charge in [-0.15, -0.1) is 0 Å². The van der Waals surface area contributed by atoms with Gasteiger partial charge in [-0.3, -0.25) is 0 Å². The van der Waals surface area contributed by atoms with Crippen molar-refractivity contribution in [3.8, 4) is 0 Å². The van der Waals surface area contributed by atoms with Gasteiger partial charge in [0.1, 0.15) is 13.7 Å². The van der Waals surface area contributed by atoms with Crippen molar-refractivity contribution in [3.05, 3.63) is 69.7 Å². The van der Waals surface area contributed by atoms with Crippen molar-refractivity contribution in [2.45, 2.75) is 6.61 Å². The van der Waals surface area contributed by atoms with Crippen LogP contribution in [0.25, 0.3) is 0 Å². The lowest BCUT2D eigenvalue weighted by Crippen LogP contribution is -2.25. The van der Waals surface area contributed by atoms with Gasteiger partial charge in [-0.25, -0.2) is 4.99 Å². The van der Waals surface area contributed by atoms with E-state index in [4.69, 9.17) is 43.6 Å². The summed E-state index contributed by atoms with van der Waals surface area (Å²) >= 11 is 11.8. The summed E-state index contributed by atoms with van der Waals surface area (Å²) < 4.78 is 0. The average molecular weight is 368 g/mol. The summed E-state index contributed by atoms with van der Waals surface area (Å²) in [6.07, 6.45) is 0. The smallest absolute Gasteiger partial charge is 0.196 e. The van der Waals surface area contributed by atoms with Crippen LogP contribution in [0.15, 0.2) is 58.8 Å². The minimum absolute atomic E-state index is 0.0113. The summed E-state index contributed by atoms with van der Waals surface area (Å²) in [5, 5.41) is 8.42. The molecule has 2 N–H and O–H groups in total. The number of nitrogens with zero attached hydrogens (tertiary/aromatic N) is 2. The van der Waals surface area contributed by atoms with E-state index in [1.54, 1.807) is 18.2 Å². The normalized spacial score (nSPS) is 12.1. The zero-order chi connectivity index (χ0) is 17.4. The van der Waals surface area contributed by atoms with E-state index in [-0.39, 0.29) is 12.4 Å². The molecule has 0 unspecified atom stereocenters. The molecule has 0 bridgehead atoms. The predicted octanol–water partition coefficient (Wildman–Crippen LogP) is 3.76. The van der Waals surface area contributed by atoms with Crippen molar-refractivity contribution in [3.63, 3.8) is 0 Å². The molecule has 2 aromatic carbocycles. The minimum atomic E-state index is 0.0113. The van der Waals surface area contributed by atoms with Gasteiger partial charge in [0.25, 0.3) is 0 Å². The number of amidine groups is 1. The van der Waals surface area contributed by atoms with E-state index in [1.165, 1.54) is 7.11 Å². The number of nitrogens with two attached hydrogens (primary N) is 1. The van der Waals surface area contributed by atoms with Crippen molar-refractivity contribution >= 4 is 34.7 Å². The van der Waals surface area contributed by atoms with Gasteiger partial charge in [-0.2, -0.15) is 4.89 Å². The lowest BCUT2D eigenvalue weighted by molar-refractivity contribution is -0.305. The summed E-state index contributed by atoms with van der Waals surface area (Å²) in [6.45, 7) is 0.121. The molecule has 0 aliphatic rings. The van der Waals surface area contributed by atoms with E-state index < -0.39 is 0 Å². The van der Waals surface area contributed by atoms with Crippen LogP contribution in [0.1, 0.15) is 11.1 Å². The number of rotatable bonds is 7. The zero-order valence-corrected chi connectivity index (χ0v) is 14.3. The Labute approximate surface area is 149 Å². The van der Waals surface area contributed by atoms with E-state index >= 15 is 0 Å². The third-order valence-electron chi connectivity index (χ3n) is 2.87. The second-order valence-electron chi connectivity index (χ2n) is 4.55. The first kappa shape index (κ1) is 18.1. The maximum atomic E-state index is 5.92. The van der Waals surface area contributed by atoms with Gasteiger partial charge in [0, 0.05) is 5.56 Å². The summed E-state index contributed by atoms with van der Waals surface area (Å²) in [7, 11) is 1.41. The van der Waals surface area contributed by atoms with Crippen LogP contribution in [0.3, 0.4) is 0 Å². The molecule has 2 rings (SSSR count). The molecule has 126 valence electrons. The van der Waals surface area contributed by atoms with E-state index in [2.05, 4.69) is 10.3 Å². The van der Waals surface area contributed by atoms with Crippen molar-refractivity contribution in [1.82, 2.24) is 0 Å². The Kier molecular flexibility index (Phi) is 6.87. The third kappa shape index (κ3) is 5.13. The quantitative estimate of drug-likeness (QED) is 0.265. The number of benzene rings is 2. The van der Waals surface area contributed by atoms with Crippen LogP contribution >= 0.6 is 23.2 Å². The Morgan fingerprint density at radius 3 is 2.46 bits per heavy atom. The second kappa shape index (κ2) is 9.12. The molecule has 0 saturated heterocycles. The molecule has 0 aliphatic heterocycles. The highest BCUT2D eigenvalue weighted by molar-refractivity contribution is 6.46. The second-order valence-corrected chi connectivity index (χ2v) is 5.36. The summed E-state index contributed by atoms with van der Waals surface area (Å²) in [5.41, 5.74) is 7.69. The number of hydrogen-bond donors (Lipinski definition) is 1. The molecule has 0 amide bonds. The first-order valence-corrected chi connectivity index (χ1v) is 7.60. The molecular formula is C16H15Cl2N3O3. The van der Waals surface area contributed by atoms with Gasteiger partial charge in [0.15, 0.2) is 11.5 Å². The fourth-order valence-corrected chi connectivity index (χ4v) is 2.09. The van der Waals surface area contributed by atoms with Gasteiger partial charge >= 0.3 is 0 Å². The number of oxime groups is 2. The molecule has 0 radical (unpaired) electrons. The molecule has 2 aromatic rings. The van der Waals surface area contributed by atoms with Crippen molar-refractivity contribution in [1.29, 1.82) is 0 Å². The van der Waals surface area contributed by atoms with Crippen LogP contribution in [0.2, 0.25) is 10.0 Å². The summed E-state index contributed by atoms with van der Waals surface area (Å²) in [6, 6.07) is 14.3. The first-order chi connectivity index (χ1) is 11.6. The van der Waals surface area contributed by atoms with Crippen LogP contribution in [-0.4, -0.2) is 18.7 Å². The molecule has 0 saturated carbocycles. The Balaban J connectivity index is 1.97. The van der Waals surface area contributed by atoms with E-state index in [1.807, 2.05) is 30.3 Å². The maximum Gasteiger partial charge on any atom is 0.196 e. The van der Waals surface area contributed by atoms with Crippen molar-refractivity contribution in [2.24, 2.45) is 16.0 Å². The van der Waals surface area contributed by atoms with Crippen LogP contribution < -0.4 is 5.73 Å². The molecule has 8 heteroatoms. The van der Waals surface area contributed by atoms with E-state index in [0.717, 1.165) is 11.1 Å². The van der Waals surface area contributed by atoms with Crippen molar-refractivity contribution in [2.75, 3.05) is 7.11 Å². The van der Waals surface area contributed by atoms with E-state index in [0.29, 0.717) is 15.8 Å². The summed E-state index contributed by atoms with van der Waals surface area (Å²) in [4.78, 5) is 14.5. The van der Waals surface area contributed by atoms with Crippen LogP contribution in [0.5, 0.6) is 0 Å². The van der Waals surface area contributed by atoms with Gasteiger partial charge in [-0.05, 0) is 22.9 Å². The lowest BCUT2D eigenvalue weighted by atomic mass is 10.1. The molecule has 0 atom stereocenters. The minimum Gasteiger partial charge on any atom is -0.399 e. The van der Waals surface area contributed by atoms with Crippen LogP contribution in [0.4, 0.5) is 0 Å². The zero-order valence-electron chi connectivity index (χ0n) is 12.8. The topological polar surface area (TPSA) is 78.4 Å². The number of hydrogen-bond acceptors (Lipinski definition) is 5. The predicted molar refractivity (Wildman–Crippen MR) is 93.9 cm³/mol. The Morgan fingerprint density at radius 1 is 1.04 bits per heavy atom. The first-order valence-electron chi connectivity index (χ1n) is 6.84. The molecular weight excluding hydrogens is 353 g/mol. The van der Waals surface area contributed by atoms with Gasteiger partial charge in [0.2, 0.25) is 0 Å². The van der Waals surface area contributed by atoms with Crippen LogP contribution in [-0.2, 0) is 21.3 Å². The Morgan fingerprint density at radius 2 is 1.79 bits per heavy atom. The largest absolute Gasteiger partial charge is 0.399 e. The van der Waals surface area contributed by atoms with Crippen molar-refractivity contribution < 1.29 is 14.7 Å². The fraction of sp³-hybridized carbons (Fsp3) is 0.125. The molecule has 0 spiro atoms. The fourth-order valence-electron chi connectivity index (χ4n) is 1.77. The summed E-state index contributed by atoms with van der Waals surface area (Å²) in [5.74, 6) is 0.0113. The monoisotopic (exact) mass is 367 g/mol. The molecule has 6 nitrogen and oxygen atoms in total. The standard InChI is InChI=1S/C16H15Cl2N3O3/c1-22-20-15(12-5-3-2-4-6-12)16(19)21-24-23-10-11-7-8-13(17)14(18)9-11/h2-9H,10H2,1H3,(H2,19,21)/b20-15-. The molecule has 24 heavy (non-hydrogen) atoms. The Hall–Kier alpha value is -2.28. The molecule has 0 fully saturated rings. The van der Waals surface area contributed by atoms with Gasteiger partial charge in [0.05, 0.1) is 10.0 Å². The maximum absolute atomic E-state index is 5.92. The lowest BCUT2D eigenvalue weighted by Gasteiger charge is -2.05. The average Bonchev–Trinajstić information content (AvgIpc) is 2.60. The third-order valence-corrected chi connectivity index (χ3v) is 3.61. The van der Waals surface area contributed by atoms with E-state index in [9.17, 15) is 0 Å². The highest BCUT2D eigenvalue weighted by Gasteiger charge is 2.10. The molecule has 0 heterocycles. The van der Waals surface area contributed by atoms with Crippen LogP contribution in [0, 0.1) is 0 Å².